The molecule has 27 heavy (non-hydrogen) atoms. The second-order valence-electron chi connectivity index (χ2n) is 5.76. The molecule has 0 spiro atoms. The standard InChI is InChI=1S/C18H20F2N2O4S/c1-27(24,25)22(15-7-8-16(19)17(20)11-15)12-18(23)21-9-10-26-13-14-5-3-2-4-6-14/h2-8,11H,9-10,12-13H2,1H3,(H,21,23). The van der Waals surface area contributed by atoms with Gasteiger partial charge in [0.2, 0.25) is 15.9 Å². The van der Waals surface area contributed by atoms with Crippen LogP contribution in [0, 0.1) is 11.6 Å². The lowest BCUT2D eigenvalue weighted by Crippen LogP contribution is -2.41. The molecule has 1 N–H and O–H groups in total. The maximum absolute atomic E-state index is 13.4. The van der Waals surface area contributed by atoms with E-state index in [1.807, 2.05) is 30.3 Å². The molecule has 2 rings (SSSR count). The predicted octanol–water partition coefficient (Wildman–Crippen LogP) is 2.06. The van der Waals surface area contributed by atoms with Crippen LogP contribution in [0.25, 0.3) is 0 Å². The molecule has 9 heteroatoms. The van der Waals surface area contributed by atoms with Crippen molar-refractivity contribution in [2.75, 3.05) is 30.3 Å². The van der Waals surface area contributed by atoms with Gasteiger partial charge in [0.1, 0.15) is 6.54 Å². The molecule has 0 saturated carbocycles. The fraction of sp³-hybridized carbons (Fsp3) is 0.278. The van der Waals surface area contributed by atoms with E-state index in [1.165, 1.54) is 0 Å². The third-order valence-electron chi connectivity index (χ3n) is 3.56. The first-order chi connectivity index (χ1) is 12.8. The minimum Gasteiger partial charge on any atom is -0.375 e. The van der Waals surface area contributed by atoms with Crippen LogP contribution >= 0.6 is 0 Å². The van der Waals surface area contributed by atoms with Gasteiger partial charge in [0.25, 0.3) is 0 Å². The fourth-order valence-electron chi connectivity index (χ4n) is 2.25. The fourth-order valence-corrected chi connectivity index (χ4v) is 3.10. The minimum atomic E-state index is -3.86. The average molecular weight is 398 g/mol. The molecule has 2 aromatic rings. The van der Waals surface area contributed by atoms with E-state index < -0.39 is 34.1 Å². The number of halogens is 2. The van der Waals surface area contributed by atoms with Gasteiger partial charge in [-0.2, -0.15) is 0 Å². The van der Waals surface area contributed by atoms with Crippen molar-refractivity contribution in [1.82, 2.24) is 5.32 Å². The Morgan fingerprint density at radius 1 is 1.11 bits per heavy atom. The van der Waals surface area contributed by atoms with Gasteiger partial charge in [-0.05, 0) is 17.7 Å². The molecular formula is C18H20F2N2O4S. The first kappa shape index (κ1) is 20.8. The van der Waals surface area contributed by atoms with E-state index in [0.29, 0.717) is 10.9 Å². The summed E-state index contributed by atoms with van der Waals surface area (Å²) in [7, 11) is -3.86. The molecule has 1 amide bonds. The van der Waals surface area contributed by atoms with E-state index in [9.17, 15) is 22.0 Å². The Morgan fingerprint density at radius 2 is 1.81 bits per heavy atom. The first-order valence-corrected chi connectivity index (χ1v) is 9.93. The van der Waals surface area contributed by atoms with Gasteiger partial charge in [0, 0.05) is 12.6 Å². The summed E-state index contributed by atoms with van der Waals surface area (Å²) < 4.78 is 56.4. The summed E-state index contributed by atoms with van der Waals surface area (Å²) in [5.74, 6) is -2.89. The van der Waals surface area contributed by atoms with Crippen LogP contribution in [0.1, 0.15) is 5.56 Å². The van der Waals surface area contributed by atoms with Crippen molar-refractivity contribution in [2.24, 2.45) is 0 Å². The molecule has 0 fully saturated rings. The molecule has 0 aliphatic rings. The van der Waals surface area contributed by atoms with Gasteiger partial charge in [0.15, 0.2) is 11.6 Å². The van der Waals surface area contributed by atoms with E-state index in [-0.39, 0.29) is 18.8 Å². The molecule has 0 aromatic heterocycles. The quantitative estimate of drug-likeness (QED) is 0.656. The van der Waals surface area contributed by atoms with Crippen LogP contribution in [0.4, 0.5) is 14.5 Å². The van der Waals surface area contributed by atoms with Gasteiger partial charge in [-0.15, -0.1) is 0 Å². The van der Waals surface area contributed by atoms with Gasteiger partial charge in [-0.3, -0.25) is 9.10 Å². The molecule has 0 bridgehead atoms. The van der Waals surface area contributed by atoms with Crippen molar-refractivity contribution < 1.29 is 26.7 Å². The first-order valence-electron chi connectivity index (χ1n) is 8.08. The third-order valence-corrected chi connectivity index (χ3v) is 4.70. The van der Waals surface area contributed by atoms with Crippen molar-refractivity contribution in [3.05, 3.63) is 65.7 Å². The van der Waals surface area contributed by atoms with Crippen LogP contribution in [0.3, 0.4) is 0 Å². The van der Waals surface area contributed by atoms with E-state index >= 15 is 0 Å². The highest BCUT2D eigenvalue weighted by Crippen LogP contribution is 2.20. The Balaban J connectivity index is 1.86. The van der Waals surface area contributed by atoms with Crippen LogP contribution in [0.15, 0.2) is 48.5 Å². The number of anilines is 1. The lowest BCUT2D eigenvalue weighted by atomic mass is 10.2. The molecule has 0 radical (unpaired) electrons. The van der Waals surface area contributed by atoms with Crippen molar-refractivity contribution in [3.63, 3.8) is 0 Å². The number of hydrogen-bond donors (Lipinski definition) is 1. The third kappa shape index (κ3) is 6.61. The lowest BCUT2D eigenvalue weighted by molar-refractivity contribution is -0.119. The van der Waals surface area contributed by atoms with Crippen LogP contribution in [0.5, 0.6) is 0 Å². The summed E-state index contributed by atoms with van der Waals surface area (Å²) in [6.07, 6.45) is 0.879. The van der Waals surface area contributed by atoms with E-state index in [0.717, 1.165) is 30.0 Å². The molecule has 0 aliphatic heterocycles. The van der Waals surface area contributed by atoms with Gasteiger partial charge >= 0.3 is 0 Å². The number of nitrogens with zero attached hydrogens (tertiary/aromatic N) is 1. The summed E-state index contributed by atoms with van der Waals surface area (Å²) in [6.45, 7) is 0.259. The second-order valence-corrected chi connectivity index (χ2v) is 7.66. The predicted molar refractivity (Wildman–Crippen MR) is 97.7 cm³/mol. The highest BCUT2D eigenvalue weighted by molar-refractivity contribution is 7.92. The zero-order valence-corrected chi connectivity index (χ0v) is 15.5. The number of ether oxygens (including phenoxy) is 1. The number of rotatable bonds is 9. The van der Waals surface area contributed by atoms with Crippen molar-refractivity contribution in [2.45, 2.75) is 6.61 Å². The Bertz CT molecular complexity index is 876. The average Bonchev–Trinajstić information content (AvgIpc) is 2.62. The Kier molecular flexibility index (Phi) is 7.26. The van der Waals surface area contributed by atoms with Crippen LogP contribution in [-0.4, -0.2) is 40.3 Å². The van der Waals surface area contributed by atoms with Crippen molar-refractivity contribution in [3.8, 4) is 0 Å². The zero-order chi connectivity index (χ0) is 19.9. The Hall–Kier alpha value is -2.52. The summed E-state index contributed by atoms with van der Waals surface area (Å²) >= 11 is 0. The van der Waals surface area contributed by atoms with Gasteiger partial charge in [-0.25, -0.2) is 17.2 Å². The minimum absolute atomic E-state index is 0.133. The topological polar surface area (TPSA) is 75.7 Å². The Labute approximate surface area is 156 Å². The molecule has 0 aliphatic carbocycles. The number of nitrogens with one attached hydrogen (secondary N) is 1. The summed E-state index contributed by atoms with van der Waals surface area (Å²) in [5, 5.41) is 2.53. The maximum Gasteiger partial charge on any atom is 0.240 e. The normalized spacial score (nSPS) is 11.2. The van der Waals surface area contributed by atoms with Crippen LogP contribution < -0.4 is 9.62 Å². The molecule has 2 aromatic carbocycles. The van der Waals surface area contributed by atoms with Crippen LogP contribution in [-0.2, 0) is 26.2 Å². The largest absolute Gasteiger partial charge is 0.375 e. The number of hydrogen-bond acceptors (Lipinski definition) is 4. The zero-order valence-electron chi connectivity index (χ0n) is 14.7. The molecule has 0 unspecified atom stereocenters. The molecule has 6 nitrogen and oxygen atoms in total. The number of carbonyl (C=O) groups excluding carboxylic acids is 1. The molecule has 0 saturated heterocycles. The highest BCUT2D eigenvalue weighted by atomic mass is 32.2. The molecule has 0 heterocycles. The summed E-state index contributed by atoms with van der Waals surface area (Å²) in [5.41, 5.74) is 0.859. The monoisotopic (exact) mass is 398 g/mol. The number of carbonyl (C=O) groups is 1. The van der Waals surface area contributed by atoms with Crippen molar-refractivity contribution in [1.29, 1.82) is 0 Å². The van der Waals surface area contributed by atoms with E-state index in [1.54, 1.807) is 0 Å². The SMILES string of the molecule is CS(=O)(=O)N(CC(=O)NCCOCc1ccccc1)c1ccc(F)c(F)c1. The molecule has 146 valence electrons. The number of sulfonamides is 1. The second kappa shape index (κ2) is 9.43. The van der Waals surface area contributed by atoms with Crippen LogP contribution in [0.2, 0.25) is 0 Å². The smallest absolute Gasteiger partial charge is 0.240 e. The number of benzene rings is 2. The Morgan fingerprint density at radius 3 is 2.44 bits per heavy atom. The summed E-state index contributed by atoms with van der Waals surface area (Å²) in [4.78, 5) is 12.0. The summed E-state index contributed by atoms with van der Waals surface area (Å²) in [6, 6.07) is 12.1. The van der Waals surface area contributed by atoms with Gasteiger partial charge in [-0.1, -0.05) is 30.3 Å². The van der Waals surface area contributed by atoms with Gasteiger partial charge in [0.05, 0.1) is 25.2 Å². The van der Waals surface area contributed by atoms with Gasteiger partial charge < -0.3 is 10.1 Å². The van der Waals surface area contributed by atoms with E-state index in [4.69, 9.17) is 4.74 Å². The highest BCUT2D eigenvalue weighted by Gasteiger charge is 2.21. The molecular weight excluding hydrogens is 378 g/mol. The molecule has 0 atom stereocenters. The van der Waals surface area contributed by atoms with E-state index in [2.05, 4.69) is 5.32 Å². The maximum atomic E-state index is 13.4. The lowest BCUT2D eigenvalue weighted by Gasteiger charge is -2.22. The number of amides is 1. The van der Waals surface area contributed by atoms with Crippen molar-refractivity contribution >= 4 is 21.6 Å².